The number of rotatable bonds is 5. The molecule has 2 heterocycles. The zero-order valence-electron chi connectivity index (χ0n) is 19.1. The minimum atomic E-state index is -5.08. The first-order valence-corrected chi connectivity index (χ1v) is 12.1. The first-order chi connectivity index (χ1) is 17.1. The van der Waals surface area contributed by atoms with E-state index in [9.17, 15) is 13.2 Å². The maximum Gasteiger partial charge on any atom is 0.490 e. The Labute approximate surface area is 215 Å². The predicted octanol–water partition coefficient (Wildman–Crippen LogP) is 5.47. The normalized spacial score (nSPS) is 16.4. The highest BCUT2D eigenvalue weighted by molar-refractivity contribution is 6.35. The topological polar surface area (TPSA) is 81.6 Å². The molecule has 0 atom stereocenters. The lowest BCUT2D eigenvalue weighted by Gasteiger charge is -2.36. The molecule has 1 saturated heterocycles. The van der Waals surface area contributed by atoms with E-state index in [-0.39, 0.29) is 0 Å². The fraction of sp³-hybridized carbons (Fsp3) is 0.375. The number of nitrogens with zero attached hydrogens (tertiary/aromatic N) is 4. The molecule has 0 unspecified atom stereocenters. The van der Waals surface area contributed by atoms with E-state index in [0.29, 0.717) is 6.04 Å². The number of carbonyl (C=O) groups is 1. The van der Waals surface area contributed by atoms with Crippen molar-refractivity contribution in [3.63, 3.8) is 0 Å². The number of nitrogens with one attached hydrogen (secondary N) is 1. The van der Waals surface area contributed by atoms with E-state index < -0.39 is 12.1 Å². The third-order valence-corrected chi connectivity index (χ3v) is 6.54. The van der Waals surface area contributed by atoms with Crippen molar-refractivity contribution in [3.05, 3.63) is 58.1 Å². The Bertz CT molecular complexity index is 1210. The van der Waals surface area contributed by atoms with Crippen LogP contribution in [0.5, 0.6) is 0 Å². The summed E-state index contributed by atoms with van der Waals surface area (Å²) >= 11 is 12.7. The van der Waals surface area contributed by atoms with Gasteiger partial charge < -0.3 is 15.3 Å². The van der Waals surface area contributed by atoms with Gasteiger partial charge in [0.15, 0.2) is 11.6 Å². The number of hydrogen-bond donors (Lipinski definition) is 2. The van der Waals surface area contributed by atoms with Gasteiger partial charge in [0.25, 0.3) is 0 Å². The quantitative estimate of drug-likeness (QED) is 0.443. The molecule has 3 aromatic rings. The van der Waals surface area contributed by atoms with Crippen molar-refractivity contribution in [2.45, 2.75) is 31.6 Å². The number of carboxylic acids is 1. The van der Waals surface area contributed by atoms with E-state index in [1.165, 1.54) is 12.8 Å². The van der Waals surface area contributed by atoms with Crippen LogP contribution in [-0.2, 0) is 11.3 Å². The number of alkyl halides is 3. The number of hydrogen-bond acceptors (Lipinski definition) is 6. The smallest absolute Gasteiger partial charge is 0.475 e. The lowest BCUT2D eigenvalue weighted by Crippen LogP contribution is -2.46. The van der Waals surface area contributed by atoms with Gasteiger partial charge >= 0.3 is 12.1 Å². The van der Waals surface area contributed by atoms with Crippen LogP contribution in [0.3, 0.4) is 0 Å². The van der Waals surface area contributed by atoms with Gasteiger partial charge in [0, 0.05) is 54.4 Å². The molecule has 0 radical (unpaired) electrons. The summed E-state index contributed by atoms with van der Waals surface area (Å²) in [6.07, 6.45) is -2.67. The van der Waals surface area contributed by atoms with Crippen LogP contribution in [-0.4, -0.2) is 64.3 Å². The Morgan fingerprint density at radius 2 is 1.53 bits per heavy atom. The van der Waals surface area contributed by atoms with Crippen molar-refractivity contribution in [2.24, 2.45) is 0 Å². The maximum atomic E-state index is 10.6. The zero-order valence-corrected chi connectivity index (χ0v) is 20.6. The number of aromatic nitrogens is 2. The van der Waals surface area contributed by atoms with Crippen LogP contribution in [0.4, 0.5) is 24.8 Å². The maximum absolute atomic E-state index is 10.6. The van der Waals surface area contributed by atoms with Gasteiger partial charge in [-0.05, 0) is 37.1 Å². The number of fused-ring (bicyclic) bond motifs is 1. The van der Waals surface area contributed by atoms with Crippen molar-refractivity contribution in [1.29, 1.82) is 0 Å². The lowest BCUT2D eigenvalue weighted by atomic mass is 10.2. The molecule has 36 heavy (non-hydrogen) atoms. The molecule has 5 rings (SSSR count). The molecular formula is C24H24Cl2F3N5O2. The number of aliphatic carboxylic acids is 1. The molecule has 0 amide bonds. The summed E-state index contributed by atoms with van der Waals surface area (Å²) in [7, 11) is 0. The Morgan fingerprint density at radius 3 is 2.06 bits per heavy atom. The second-order valence-electron chi connectivity index (χ2n) is 8.57. The minimum absolute atomic E-state index is 0.535. The average Bonchev–Trinajstić information content (AvgIpc) is 3.65. The molecule has 2 aliphatic rings. The van der Waals surface area contributed by atoms with Gasteiger partial charge in [-0.25, -0.2) is 14.8 Å². The monoisotopic (exact) mass is 541 g/mol. The average molecular weight is 542 g/mol. The van der Waals surface area contributed by atoms with Crippen LogP contribution < -0.4 is 10.2 Å². The molecule has 12 heteroatoms. The van der Waals surface area contributed by atoms with Crippen molar-refractivity contribution in [2.75, 3.05) is 36.4 Å². The molecule has 1 aromatic heterocycles. The van der Waals surface area contributed by atoms with E-state index in [2.05, 4.69) is 15.1 Å². The van der Waals surface area contributed by atoms with Crippen molar-refractivity contribution in [3.8, 4) is 0 Å². The standard InChI is InChI=1S/C22H23Cl2N5.C2HF3O2/c23-17-4-3-5-18(24)16(17)14-28-10-12-29(13-11-28)22-21(25-15-8-9-15)26-19-6-1-2-7-20(19)27-22;3-2(4,5)1(6)7/h1-7,15H,8-14H2,(H,25,26);(H,6,7). The van der Waals surface area contributed by atoms with Gasteiger partial charge in [-0.1, -0.05) is 41.4 Å². The lowest BCUT2D eigenvalue weighted by molar-refractivity contribution is -0.192. The molecule has 2 aromatic carbocycles. The molecule has 1 aliphatic heterocycles. The highest BCUT2D eigenvalue weighted by atomic mass is 35.5. The van der Waals surface area contributed by atoms with Gasteiger partial charge in [-0.15, -0.1) is 0 Å². The van der Waals surface area contributed by atoms with Crippen LogP contribution >= 0.6 is 23.2 Å². The Morgan fingerprint density at radius 1 is 0.972 bits per heavy atom. The van der Waals surface area contributed by atoms with E-state index in [4.69, 9.17) is 43.1 Å². The third kappa shape index (κ3) is 6.68. The van der Waals surface area contributed by atoms with Crippen LogP contribution in [0, 0.1) is 0 Å². The first-order valence-electron chi connectivity index (χ1n) is 11.4. The van der Waals surface area contributed by atoms with Crippen molar-refractivity contribution < 1.29 is 23.1 Å². The fourth-order valence-corrected chi connectivity index (χ4v) is 4.27. The zero-order chi connectivity index (χ0) is 25.9. The summed E-state index contributed by atoms with van der Waals surface area (Å²) in [6, 6.07) is 14.3. The molecule has 0 bridgehead atoms. The van der Waals surface area contributed by atoms with Crippen LogP contribution in [0.1, 0.15) is 18.4 Å². The molecule has 1 saturated carbocycles. The summed E-state index contributed by atoms with van der Waals surface area (Å²) in [5, 5.41) is 12.2. The molecule has 0 spiro atoms. The van der Waals surface area contributed by atoms with Crippen LogP contribution in [0.15, 0.2) is 42.5 Å². The Balaban J connectivity index is 0.000000384. The van der Waals surface area contributed by atoms with E-state index in [1.807, 2.05) is 42.5 Å². The molecule has 1 aliphatic carbocycles. The number of carboxylic acid groups (broad SMARTS) is 1. The van der Waals surface area contributed by atoms with Gasteiger partial charge in [0.05, 0.1) is 11.0 Å². The fourth-order valence-electron chi connectivity index (χ4n) is 3.75. The number of anilines is 2. The first kappa shape index (κ1) is 26.2. The highest BCUT2D eigenvalue weighted by Crippen LogP contribution is 2.32. The second-order valence-corrected chi connectivity index (χ2v) is 9.38. The molecule has 7 nitrogen and oxygen atoms in total. The minimum Gasteiger partial charge on any atom is -0.475 e. The second kappa shape index (κ2) is 11.1. The van der Waals surface area contributed by atoms with E-state index in [0.717, 1.165) is 71.0 Å². The highest BCUT2D eigenvalue weighted by Gasteiger charge is 2.38. The van der Waals surface area contributed by atoms with E-state index in [1.54, 1.807) is 0 Å². The van der Waals surface area contributed by atoms with Crippen molar-refractivity contribution in [1.82, 2.24) is 14.9 Å². The van der Waals surface area contributed by atoms with Gasteiger partial charge in [-0.2, -0.15) is 13.2 Å². The van der Waals surface area contributed by atoms with Gasteiger partial charge in [0.2, 0.25) is 0 Å². The SMILES string of the molecule is Clc1cccc(Cl)c1CN1CCN(c2nc3ccccc3nc2NC2CC2)CC1.O=C(O)C(F)(F)F. The Hall–Kier alpha value is -2.82. The number of piperazine rings is 1. The molecule has 2 N–H and O–H groups in total. The van der Waals surface area contributed by atoms with Crippen LogP contribution in [0.25, 0.3) is 11.0 Å². The van der Waals surface area contributed by atoms with Crippen LogP contribution in [0.2, 0.25) is 10.0 Å². The molecule has 2 fully saturated rings. The third-order valence-electron chi connectivity index (χ3n) is 5.83. The summed E-state index contributed by atoms with van der Waals surface area (Å²) in [4.78, 5) is 23.5. The van der Waals surface area contributed by atoms with Gasteiger partial charge in [-0.3, -0.25) is 4.90 Å². The number of halogens is 5. The molecule has 192 valence electrons. The van der Waals surface area contributed by atoms with E-state index >= 15 is 0 Å². The Kier molecular flexibility index (Phi) is 8.07. The summed E-state index contributed by atoms with van der Waals surface area (Å²) in [5.74, 6) is -0.882. The largest absolute Gasteiger partial charge is 0.490 e. The molecular weight excluding hydrogens is 518 g/mol. The summed E-state index contributed by atoms with van der Waals surface area (Å²) < 4.78 is 31.7. The number of benzene rings is 2. The summed E-state index contributed by atoms with van der Waals surface area (Å²) in [5.41, 5.74) is 2.88. The predicted molar refractivity (Wildman–Crippen MR) is 134 cm³/mol. The van der Waals surface area contributed by atoms with Crippen molar-refractivity contribution >= 4 is 51.8 Å². The summed E-state index contributed by atoms with van der Waals surface area (Å²) in [6.45, 7) is 4.42. The van der Waals surface area contributed by atoms with Gasteiger partial charge in [0.1, 0.15) is 0 Å². The number of para-hydroxylation sites is 2.